The molecule has 0 saturated carbocycles. The summed E-state index contributed by atoms with van der Waals surface area (Å²) in [5, 5.41) is 8.50. The van der Waals surface area contributed by atoms with E-state index in [1.165, 1.54) is 77.0 Å². The van der Waals surface area contributed by atoms with Gasteiger partial charge in [0.25, 0.3) is 0 Å². The Kier molecular flexibility index (Phi) is 21.7. The average molecular weight is 297 g/mol. The van der Waals surface area contributed by atoms with Gasteiger partial charge in [-0.3, -0.25) is 4.79 Å². The van der Waals surface area contributed by atoms with Crippen molar-refractivity contribution in [2.24, 2.45) is 0 Å². The van der Waals surface area contributed by atoms with Crippen molar-refractivity contribution in [1.29, 1.82) is 0 Å². The molecule has 1 N–H and O–H groups in total. The molecule has 2 nitrogen and oxygen atoms in total. The fourth-order valence-electron chi connectivity index (χ4n) is 2.47. The van der Waals surface area contributed by atoms with E-state index >= 15 is 0 Å². The van der Waals surface area contributed by atoms with Crippen molar-refractivity contribution < 1.29 is 12.8 Å². The normalized spacial score (nSPS) is 10.2. The van der Waals surface area contributed by atoms with E-state index in [1.807, 2.05) is 0 Å². The Hall–Kier alpha value is 0.236. The largest absolute Gasteiger partial charge is 2.00 e. The Morgan fingerprint density at radius 3 is 1.30 bits per heavy atom. The van der Waals surface area contributed by atoms with Crippen molar-refractivity contribution in [2.45, 2.75) is 103 Å². The van der Waals surface area contributed by atoms with Crippen LogP contribution in [0.1, 0.15) is 106 Å². The van der Waals surface area contributed by atoms with Gasteiger partial charge in [0.1, 0.15) is 0 Å². The fourth-order valence-corrected chi connectivity index (χ4v) is 2.47. The summed E-state index contributed by atoms with van der Waals surface area (Å²) in [6.45, 7) is 2.27. The minimum Gasteiger partial charge on any atom is -1.00 e. The third kappa shape index (κ3) is 20.6. The summed E-state index contributed by atoms with van der Waals surface area (Å²) in [6.07, 6.45) is 18.7. The van der Waals surface area contributed by atoms with E-state index in [2.05, 4.69) is 6.92 Å². The van der Waals surface area contributed by atoms with Gasteiger partial charge in [-0.25, -0.2) is 0 Å². The molecule has 0 bridgehead atoms. The summed E-state index contributed by atoms with van der Waals surface area (Å²) >= 11 is 0. The first kappa shape index (κ1) is 22.5. The quantitative estimate of drug-likeness (QED) is 0.307. The monoisotopic (exact) mass is 296 g/mol. The van der Waals surface area contributed by atoms with Crippen LogP contribution in [-0.4, -0.2) is 34.1 Å². The molecule has 0 saturated heterocycles. The number of aliphatic carboxylic acids is 1. The summed E-state index contributed by atoms with van der Waals surface area (Å²) in [5.74, 6) is -0.654. The first-order valence-corrected chi connectivity index (χ1v) is 8.49. The van der Waals surface area contributed by atoms with Gasteiger partial charge in [0.2, 0.25) is 0 Å². The Bertz CT molecular complexity index is 205. The maximum Gasteiger partial charge on any atom is 2.00 e. The molecule has 0 aliphatic rings. The van der Waals surface area contributed by atoms with E-state index < -0.39 is 5.97 Å². The molecule has 3 heteroatoms. The number of rotatable bonds is 15. The molecule has 20 heavy (non-hydrogen) atoms. The molecule has 0 fully saturated rings. The van der Waals surface area contributed by atoms with Gasteiger partial charge in [0.05, 0.1) is 0 Å². The van der Waals surface area contributed by atoms with Crippen LogP contribution in [0, 0.1) is 0 Å². The number of unbranched alkanes of at least 4 members (excludes halogenated alkanes) is 13. The number of carbonyl (C=O) groups is 1. The molecular formula is C17H36MgO2. The molecule has 0 unspecified atom stereocenters. The van der Waals surface area contributed by atoms with Crippen LogP contribution in [0.3, 0.4) is 0 Å². The van der Waals surface area contributed by atoms with Crippen LogP contribution >= 0.6 is 0 Å². The molecule has 0 aliphatic carbocycles. The van der Waals surface area contributed by atoms with Crippen LogP contribution in [0.15, 0.2) is 0 Å². The van der Waals surface area contributed by atoms with Gasteiger partial charge in [-0.15, -0.1) is 0 Å². The molecular weight excluding hydrogens is 260 g/mol. The van der Waals surface area contributed by atoms with Gasteiger partial charge in [0.15, 0.2) is 0 Å². The van der Waals surface area contributed by atoms with Gasteiger partial charge >= 0.3 is 29.0 Å². The van der Waals surface area contributed by atoms with Crippen LogP contribution in [0.4, 0.5) is 0 Å². The third-order valence-corrected chi connectivity index (χ3v) is 3.74. The van der Waals surface area contributed by atoms with Crippen molar-refractivity contribution in [3.63, 3.8) is 0 Å². The molecule has 0 spiro atoms. The maximum absolute atomic E-state index is 10.3. The van der Waals surface area contributed by atoms with Crippen LogP contribution in [0.2, 0.25) is 0 Å². The Morgan fingerprint density at radius 2 is 1.00 bits per heavy atom. The standard InChI is InChI=1S/C17H34O2.Mg.2H/c1-2-3-4-5-6-7-8-9-10-11-12-13-14-15-16-17(18)19;;;/h2-16H2,1H3,(H,18,19);;;/q;+2;2*-1. The number of hydrogen-bond donors (Lipinski definition) is 1. The average Bonchev–Trinajstić information content (AvgIpc) is 2.39. The Labute approximate surface area is 145 Å². The Morgan fingerprint density at radius 1 is 0.700 bits per heavy atom. The zero-order valence-electron chi connectivity index (χ0n) is 15.7. The van der Waals surface area contributed by atoms with Crippen molar-refractivity contribution in [3.05, 3.63) is 0 Å². The summed E-state index contributed by atoms with van der Waals surface area (Å²) in [7, 11) is 0. The molecule has 0 aromatic heterocycles. The van der Waals surface area contributed by atoms with Gasteiger partial charge in [-0.2, -0.15) is 0 Å². The minimum absolute atomic E-state index is 0. The van der Waals surface area contributed by atoms with Crippen LogP contribution in [-0.2, 0) is 4.79 Å². The van der Waals surface area contributed by atoms with Gasteiger partial charge in [-0.1, -0.05) is 90.4 Å². The predicted octanol–water partition coefficient (Wildman–Crippen LogP) is 5.79. The summed E-state index contributed by atoms with van der Waals surface area (Å²) in [6, 6.07) is 0. The first-order valence-electron chi connectivity index (χ1n) is 8.49. The maximum atomic E-state index is 10.3. The molecule has 0 aliphatic heterocycles. The number of hydrogen-bond acceptors (Lipinski definition) is 1. The smallest absolute Gasteiger partial charge is 1.00 e. The van der Waals surface area contributed by atoms with Crippen LogP contribution in [0.25, 0.3) is 0 Å². The van der Waals surface area contributed by atoms with Crippen LogP contribution < -0.4 is 0 Å². The number of carboxylic acid groups (broad SMARTS) is 1. The first-order chi connectivity index (χ1) is 9.27. The second-order valence-electron chi connectivity index (χ2n) is 5.74. The predicted molar refractivity (Wildman–Crippen MR) is 90.5 cm³/mol. The van der Waals surface area contributed by atoms with Gasteiger partial charge in [-0.05, 0) is 6.42 Å². The van der Waals surface area contributed by atoms with Crippen molar-refractivity contribution in [3.8, 4) is 0 Å². The van der Waals surface area contributed by atoms with Gasteiger partial charge < -0.3 is 7.96 Å². The molecule has 0 atom stereocenters. The zero-order chi connectivity index (χ0) is 14.2. The molecule has 0 heterocycles. The van der Waals surface area contributed by atoms with Crippen LogP contribution in [0.5, 0.6) is 0 Å². The van der Waals surface area contributed by atoms with E-state index in [0.717, 1.165) is 12.8 Å². The summed E-state index contributed by atoms with van der Waals surface area (Å²) in [4.78, 5) is 10.3. The van der Waals surface area contributed by atoms with Crippen molar-refractivity contribution >= 4 is 29.0 Å². The molecule has 0 rings (SSSR count). The second kappa shape index (κ2) is 19.2. The Balaban J connectivity index is -0.000000540. The second-order valence-corrected chi connectivity index (χ2v) is 5.74. The molecule has 0 radical (unpaired) electrons. The van der Waals surface area contributed by atoms with E-state index in [1.54, 1.807) is 0 Å². The zero-order valence-corrected chi connectivity index (χ0v) is 15.1. The molecule has 0 amide bonds. The fraction of sp³-hybridized carbons (Fsp3) is 0.941. The van der Waals surface area contributed by atoms with Crippen molar-refractivity contribution in [1.82, 2.24) is 0 Å². The van der Waals surface area contributed by atoms with E-state index in [9.17, 15) is 4.79 Å². The SMILES string of the molecule is CCCCCCCCCCCCCCCCC(=O)O.[H-].[H-].[Mg+2]. The third-order valence-electron chi connectivity index (χ3n) is 3.74. The number of carboxylic acids is 1. The molecule has 0 aromatic carbocycles. The minimum atomic E-state index is -0.654. The molecule has 0 aromatic rings. The molecule has 118 valence electrons. The van der Waals surface area contributed by atoms with E-state index in [-0.39, 0.29) is 25.9 Å². The van der Waals surface area contributed by atoms with E-state index in [4.69, 9.17) is 5.11 Å². The van der Waals surface area contributed by atoms with Gasteiger partial charge in [0, 0.05) is 6.42 Å². The summed E-state index contributed by atoms with van der Waals surface area (Å²) < 4.78 is 0. The topological polar surface area (TPSA) is 37.3 Å². The van der Waals surface area contributed by atoms with Crippen molar-refractivity contribution in [2.75, 3.05) is 0 Å². The van der Waals surface area contributed by atoms with E-state index in [0.29, 0.717) is 6.42 Å². The summed E-state index contributed by atoms with van der Waals surface area (Å²) in [5.41, 5.74) is 0.